The molecule has 7 nitrogen and oxygen atoms in total. The molecule has 1 atom stereocenters. The highest BCUT2D eigenvalue weighted by Gasteiger charge is 2.44. The smallest absolute Gasteiger partial charge is 0.435 e. The number of alkyl halides is 9. The van der Waals surface area contributed by atoms with Crippen molar-refractivity contribution in [1.29, 1.82) is 0 Å². The number of benzene rings is 1. The second-order valence-electron chi connectivity index (χ2n) is 6.96. The number of aromatic nitrogens is 2. The van der Waals surface area contributed by atoms with E-state index in [1.165, 1.54) is 6.92 Å². The average molecular weight is 590 g/mol. The molecule has 18 heteroatoms. The van der Waals surface area contributed by atoms with Crippen LogP contribution in [-0.4, -0.2) is 36.0 Å². The Balaban J connectivity index is 3.20. The zero-order valence-corrected chi connectivity index (χ0v) is 20.1. The lowest BCUT2D eigenvalue weighted by molar-refractivity contribution is -0.151. The minimum atomic E-state index is -5.50. The minimum absolute atomic E-state index is 0.0144. The molecule has 0 fully saturated rings. The molecule has 0 saturated carbocycles. The number of ether oxygens (including phenoxy) is 2. The van der Waals surface area contributed by atoms with Gasteiger partial charge < -0.3 is 9.47 Å². The molecule has 0 aliphatic carbocycles. The van der Waals surface area contributed by atoms with Crippen molar-refractivity contribution >= 4 is 40.8 Å². The Kier molecular flexibility index (Phi) is 8.71. The van der Waals surface area contributed by atoms with E-state index in [2.05, 4.69) is 9.72 Å². The molecular formula is C19H14Cl2F9N3O4. The molecule has 2 rings (SSSR count). The standard InChI is InChI=1S/C19H14Cl2F9N3O4/c1-4-32-13(34)11(21)12(19(28,29)30)31-16(32)33(14(36-2)15(35)37-3)9-6-7(17(22,23)24)5-8(10(9)20)18(25,26)27/h5-6,14H,4H2,1-3H3. The highest BCUT2D eigenvalue weighted by atomic mass is 35.5. The number of methoxy groups -OCH3 is 2. The van der Waals surface area contributed by atoms with Gasteiger partial charge in [0, 0.05) is 13.7 Å². The third kappa shape index (κ3) is 6.06. The number of hydrogen-bond acceptors (Lipinski definition) is 6. The number of esters is 1. The van der Waals surface area contributed by atoms with Crippen LogP contribution in [-0.2, 0) is 39.3 Å². The van der Waals surface area contributed by atoms with Gasteiger partial charge in [0.2, 0.25) is 12.2 Å². The third-order valence-corrected chi connectivity index (χ3v) is 5.44. The summed E-state index contributed by atoms with van der Waals surface area (Å²) in [4.78, 5) is 28.3. The zero-order valence-electron chi connectivity index (χ0n) is 18.6. The number of carbonyl (C=O) groups is 1. The van der Waals surface area contributed by atoms with Gasteiger partial charge in [-0.15, -0.1) is 0 Å². The van der Waals surface area contributed by atoms with Gasteiger partial charge in [0.1, 0.15) is 5.02 Å². The molecule has 0 amide bonds. The molecule has 1 aromatic heterocycles. The van der Waals surface area contributed by atoms with Gasteiger partial charge in [-0.25, -0.2) is 9.78 Å². The van der Waals surface area contributed by atoms with Crippen molar-refractivity contribution in [3.05, 3.63) is 49.4 Å². The van der Waals surface area contributed by atoms with Gasteiger partial charge in [0.25, 0.3) is 5.56 Å². The summed E-state index contributed by atoms with van der Waals surface area (Å²) in [5.41, 5.74) is -8.95. The molecule has 1 unspecified atom stereocenters. The highest BCUT2D eigenvalue weighted by molar-refractivity contribution is 6.34. The number of anilines is 2. The molecule has 0 saturated heterocycles. The fourth-order valence-corrected chi connectivity index (χ4v) is 3.64. The minimum Gasteiger partial charge on any atom is -0.466 e. The SMILES string of the molecule is CCn1c(N(c2cc(C(F)(F)F)cc(C(F)(F)F)c2Cl)C(OC)C(=O)OC)nc(C(F)(F)F)c(Cl)c1=O. The highest BCUT2D eigenvalue weighted by Crippen LogP contribution is 2.46. The van der Waals surface area contributed by atoms with E-state index < -0.39 is 81.3 Å². The molecular weight excluding hydrogens is 576 g/mol. The molecule has 37 heavy (non-hydrogen) atoms. The van der Waals surface area contributed by atoms with Crippen LogP contribution in [0.2, 0.25) is 10.0 Å². The van der Waals surface area contributed by atoms with Crippen molar-refractivity contribution in [3.8, 4) is 0 Å². The summed E-state index contributed by atoms with van der Waals surface area (Å²) in [6.45, 7) is 0.610. The molecule has 0 aliphatic rings. The lowest BCUT2D eigenvalue weighted by Gasteiger charge is -2.33. The molecule has 206 valence electrons. The van der Waals surface area contributed by atoms with Crippen LogP contribution in [0.3, 0.4) is 0 Å². The van der Waals surface area contributed by atoms with Crippen LogP contribution in [0.5, 0.6) is 0 Å². The van der Waals surface area contributed by atoms with Crippen molar-refractivity contribution in [2.24, 2.45) is 0 Å². The van der Waals surface area contributed by atoms with Crippen molar-refractivity contribution in [1.82, 2.24) is 9.55 Å². The van der Waals surface area contributed by atoms with Crippen molar-refractivity contribution in [3.63, 3.8) is 0 Å². The lowest BCUT2D eigenvalue weighted by atomic mass is 10.1. The second-order valence-corrected chi connectivity index (χ2v) is 7.71. The van der Waals surface area contributed by atoms with Gasteiger partial charge in [0.05, 0.1) is 28.9 Å². The van der Waals surface area contributed by atoms with Gasteiger partial charge in [-0.3, -0.25) is 14.3 Å². The summed E-state index contributed by atoms with van der Waals surface area (Å²) in [6.07, 6.45) is -18.7. The Morgan fingerprint density at radius 3 is 1.97 bits per heavy atom. The molecule has 0 aliphatic heterocycles. The van der Waals surface area contributed by atoms with Crippen LogP contribution in [0, 0.1) is 0 Å². The molecule has 0 radical (unpaired) electrons. The molecule has 0 N–H and O–H groups in total. The van der Waals surface area contributed by atoms with Crippen LogP contribution < -0.4 is 10.5 Å². The first kappa shape index (κ1) is 30.5. The molecule has 1 heterocycles. The maximum atomic E-state index is 13.6. The average Bonchev–Trinajstić information content (AvgIpc) is 2.76. The molecule has 0 spiro atoms. The number of carbonyl (C=O) groups excluding carboxylic acids is 1. The zero-order chi connectivity index (χ0) is 28.7. The van der Waals surface area contributed by atoms with Crippen molar-refractivity contribution < 1.29 is 53.8 Å². The number of rotatable bonds is 6. The van der Waals surface area contributed by atoms with Gasteiger partial charge in [0.15, 0.2) is 5.69 Å². The predicted octanol–water partition coefficient (Wildman–Crippen LogP) is 5.91. The van der Waals surface area contributed by atoms with E-state index >= 15 is 0 Å². The van der Waals surface area contributed by atoms with Gasteiger partial charge in [-0.1, -0.05) is 23.2 Å². The normalized spacial score (nSPS) is 13.5. The molecule has 0 bridgehead atoms. The van der Waals surface area contributed by atoms with Crippen LogP contribution in [0.15, 0.2) is 16.9 Å². The topological polar surface area (TPSA) is 73.7 Å². The Bertz CT molecular complexity index is 1240. The van der Waals surface area contributed by atoms with Crippen molar-refractivity contribution in [2.45, 2.75) is 38.2 Å². The maximum absolute atomic E-state index is 13.6. The first-order chi connectivity index (χ1) is 16.8. The summed E-state index contributed by atoms with van der Waals surface area (Å²) in [5, 5.41) is -2.93. The first-order valence-electron chi connectivity index (χ1n) is 9.56. The van der Waals surface area contributed by atoms with Crippen LogP contribution in [0.1, 0.15) is 23.7 Å². The monoisotopic (exact) mass is 589 g/mol. The number of hydrogen-bond donors (Lipinski definition) is 0. The van der Waals surface area contributed by atoms with Crippen LogP contribution in [0.4, 0.5) is 51.1 Å². The van der Waals surface area contributed by atoms with Gasteiger partial charge in [-0.05, 0) is 19.1 Å². The Hall–Kier alpha value is -2.72. The van der Waals surface area contributed by atoms with E-state index in [0.717, 1.165) is 14.2 Å². The van der Waals surface area contributed by atoms with E-state index in [-0.39, 0.29) is 17.0 Å². The second kappa shape index (κ2) is 10.6. The Labute approximate surface area is 211 Å². The van der Waals surface area contributed by atoms with E-state index in [4.69, 9.17) is 27.9 Å². The van der Waals surface area contributed by atoms with E-state index in [9.17, 15) is 49.1 Å². The molecule has 1 aromatic carbocycles. The third-order valence-electron chi connectivity index (χ3n) is 4.70. The van der Waals surface area contributed by atoms with Crippen LogP contribution in [0.25, 0.3) is 0 Å². The maximum Gasteiger partial charge on any atom is 0.435 e. The summed E-state index contributed by atoms with van der Waals surface area (Å²) >= 11 is 11.3. The van der Waals surface area contributed by atoms with Gasteiger partial charge in [-0.2, -0.15) is 39.5 Å². The number of halogens is 11. The predicted molar refractivity (Wildman–Crippen MR) is 111 cm³/mol. The fourth-order valence-electron chi connectivity index (χ4n) is 3.08. The van der Waals surface area contributed by atoms with E-state index in [1.807, 2.05) is 0 Å². The van der Waals surface area contributed by atoms with E-state index in [0.29, 0.717) is 4.57 Å². The fraction of sp³-hybridized carbons (Fsp3) is 0.421. The van der Waals surface area contributed by atoms with Crippen LogP contribution >= 0.6 is 23.2 Å². The quantitative estimate of drug-likeness (QED) is 0.237. The number of nitrogens with zero attached hydrogens (tertiary/aromatic N) is 3. The largest absolute Gasteiger partial charge is 0.466 e. The van der Waals surface area contributed by atoms with Gasteiger partial charge >= 0.3 is 24.5 Å². The lowest BCUT2D eigenvalue weighted by Crippen LogP contribution is -2.44. The van der Waals surface area contributed by atoms with E-state index in [1.54, 1.807) is 0 Å². The summed E-state index contributed by atoms with van der Waals surface area (Å²) in [5.74, 6) is -2.78. The summed E-state index contributed by atoms with van der Waals surface area (Å²) < 4.78 is 132. The molecule has 2 aromatic rings. The van der Waals surface area contributed by atoms with Crippen molar-refractivity contribution in [2.75, 3.05) is 19.1 Å². The summed E-state index contributed by atoms with van der Waals surface area (Å²) in [6, 6.07) is -0.326. The Morgan fingerprint density at radius 2 is 1.57 bits per heavy atom. The first-order valence-corrected chi connectivity index (χ1v) is 10.3. The Morgan fingerprint density at radius 1 is 1.00 bits per heavy atom. The summed E-state index contributed by atoms with van der Waals surface area (Å²) in [7, 11) is 1.47.